The van der Waals surface area contributed by atoms with Crippen LogP contribution < -0.4 is 5.32 Å². The highest BCUT2D eigenvalue weighted by atomic mass is 19.1. The van der Waals surface area contributed by atoms with Crippen LogP contribution in [0.15, 0.2) is 78.9 Å². The van der Waals surface area contributed by atoms with Crippen LogP contribution in [0.4, 0.5) is 15.8 Å². The van der Waals surface area contributed by atoms with E-state index in [4.69, 9.17) is 4.74 Å². The van der Waals surface area contributed by atoms with Crippen molar-refractivity contribution >= 4 is 23.3 Å². The molecule has 3 aromatic rings. The predicted molar refractivity (Wildman–Crippen MR) is 112 cm³/mol. The third-order valence-electron chi connectivity index (χ3n) is 4.57. The Kier molecular flexibility index (Phi) is 6.71. The number of hydrogen-bond acceptors (Lipinski definition) is 5. The van der Waals surface area contributed by atoms with Gasteiger partial charge in [0.05, 0.1) is 4.92 Å². The Hall–Kier alpha value is -4.07. The number of esters is 1. The van der Waals surface area contributed by atoms with Gasteiger partial charge in [0.1, 0.15) is 5.92 Å². The molecule has 3 aromatic carbocycles. The van der Waals surface area contributed by atoms with Crippen LogP contribution in [0, 0.1) is 15.9 Å². The van der Waals surface area contributed by atoms with E-state index < -0.39 is 40.3 Å². The predicted octanol–water partition coefficient (Wildman–Crippen LogP) is 4.44. The molecule has 3 rings (SSSR count). The molecule has 0 aliphatic heterocycles. The number of nitrogens with zero attached hydrogens (tertiary/aromatic N) is 1. The molecule has 0 heterocycles. The Morgan fingerprint density at radius 3 is 2.03 bits per heavy atom. The fraction of sp³-hybridized carbons (Fsp3) is 0.130. The summed E-state index contributed by atoms with van der Waals surface area (Å²) >= 11 is 0. The van der Waals surface area contributed by atoms with Gasteiger partial charge in [-0.2, -0.15) is 4.39 Å². The summed E-state index contributed by atoms with van der Waals surface area (Å²) in [5, 5.41) is 13.3. The van der Waals surface area contributed by atoms with Gasteiger partial charge in [0.2, 0.25) is 5.82 Å². The molecule has 0 radical (unpaired) electrons. The number of nitro benzene ring substituents is 1. The molecule has 0 fully saturated rings. The van der Waals surface area contributed by atoms with Crippen molar-refractivity contribution < 1.29 is 23.6 Å². The zero-order valence-corrected chi connectivity index (χ0v) is 16.5. The van der Waals surface area contributed by atoms with Gasteiger partial charge >= 0.3 is 11.7 Å². The lowest BCUT2D eigenvalue weighted by Crippen LogP contribution is -2.32. The normalized spacial score (nSPS) is 11.6. The average molecular weight is 422 g/mol. The maximum Gasteiger partial charge on any atom is 0.318 e. The Morgan fingerprint density at radius 2 is 1.52 bits per heavy atom. The first-order chi connectivity index (χ1) is 14.9. The van der Waals surface area contributed by atoms with Crippen molar-refractivity contribution in [3.8, 4) is 0 Å². The Labute approximate surface area is 177 Å². The van der Waals surface area contributed by atoms with Crippen LogP contribution >= 0.6 is 0 Å². The van der Waals surface area contributed by atoms with Crippen LogP contribution in [0.25, 0.3) is 0 Å². The minimum absolute atomic E-state index is 0.0173. The van der Waals surface area contributed by atoms with Gasteiger partial charge in [-0.05, 0) is 30.2 Å². The number of hydrogen-bond donors (Lipinski definition) is 1. The van der Waals surface area contributed by atoms with Gasteiger partial charge in [0, 0.05) is 11.8 Å². The molecule has 8 heteroatoms. The van der Waals surface area contributed by atoms with Crippen molar-refractivity contribution in [1.29, 1.82) is 0 Å². The Bertz CT molecular complexity index is 1050. The number of amides is 1. The van der Waals surface area contributed by atoms with Crippen LogP contribution in [-0.2, 0) is 14.3 Å². The maximum atomic E-state index is 13.5. The fourth-order valence-electron chi connectivity index (χ4n) is 3.03. The molecule has 7 nitrogen and oxygen atoms in total. The highest BCUT2D eigenvalue weighted by Crippen LogP contribution is 2.27. The minimum Gasteiger partial charge on any atom is -0.452 e. The number of anilines is 1. The molecule has 1 N–H and O–H groups in total. The molecule has 1 unspecified atom stereocenters. The van der Waals surface area contributed by atoms with E-state index in [-0.39, 0.29) is 5.69 Å². The van der Waals surface area contributed by atoms with Crippen LogP contribution in [0.5, 0.6) is 0 Å². The van der Waals surface area contributed by atoms with E-state index >= 15 is 0 Å². The second-order valence-corrected chi connectivity index (χ2v) is 6.75. The van der Waals surface area contributed by atoms with E-state index in [9.17, 15) is 24.1 Å². The van der Waals surface area contributed by atoms with Gasteiger partial charge in [-0.1, -0.05) is 60.7 Å². The largest absolute Gasteiger partial charge is 0.452 e. The maximum absolute atomic E-state index is 13.5. The van der Waals surface area contributed by atoms with Gasteiger partial charge in [-0.3, -0.25) is 19.7 Å². The zero-order valence-electron chi connectivity index (χ0n) is 16.5. The van der Waals surface area contributed by atoms with Crippen molar-refractivity contribution in [2.45, 2.75) is 18.9 Å². The quantitative estimate of drug-likeness (QED) is 0.345. The van der Waals surface area contributed by atoms with Crippen LogP contribution in [0.2, 0.25) is 0 Å². The topological polar surface area (TPSA) is 98.5 Å². The van der Waals surface area contributed by atoms with E-state index in [2.05, 4.69) is 5.32 Å². The van der Waals surface area contributed by atoms with Crippen LogP contribution in [-0.4, -0.2) is 22.9 Å². The third-order valence-corrected chi connectivity index (χ3v) is 4.57. The first kappa shape index (κ1) is 21.6. The third kappa shape index (κ3) is 5.30. The standard InChI is InChI=1S/C23H19FN2O5/c1-15(22(27)25-18-12-13-19(24)20(14-18)26(29)30)31-23(28)21(16-8-4-2-5-9-16)17-10-6-3-7-11-17/h2-15,21H,1H3,(H,25,27). The number of halogens is 1. The molecular weight excluding hydrogens is 403 g/mol. The number of rotatable bonds is 7. The number of carbonyl (C=O) groups is 2. The van der Waals surface area contributed by atoms with E-state index in [0.29, 0.717) is 11.1 Å². The summed E-state index contributed by atoms with van der Waals surface area (Å²) in [5.41, 5.74) is 0.667. The summed E-state index contributed by atoms with van der Waals surface area (Å²) in [6.45, 7) is 1.39. The van der Waals surface area contributed by atoms with Gasteiger partial charge in [-0.25, -0.2) is 0 Å². The molecule has 0 spiro atoms. The van der Waals surface area contributed by atoms with Crippen molar-refractivity contribution in [3.63, 3.8) is 0 Å². The highest BCUT2D eigenvalue weighted by Gasteiger charge is 2.28. The average Bonchev–Trinajstić information content (AvgIpc) is 2.76. The van der Waals surface area contributed by atoms with E-state index in [0.717, 1.165) is 12.1 Å². The molecule has 0 aromatic heterocycles. The molecule has 0 aliphatic rings. The highest BCUT2D eigenvalue weighted by molar-refractivity contribution is 5.96. The monoisotopic (exact) mass is 422 g/mol. The number of benzene rings is 3. The molecule has 158 valence electrons. The lowest BCUT2D eigenvalue weighted by Gasteiger charge is -2.20. The smallest absolute Gasteiger partial charge is 0.318 e. The minimum atomic E-state index is -1.19. The van der Waals surface area contributed by atoms with Gasteiger partial charge in [-0.15, -0.1) is 0 Å². The second-order valence-electron chi connectivity index (χ2n) is 6.75. The van der Waals surface area contributed by atoms with Crippen molar-refractivity contribution in [2.24, 2.45) is 0 Å². The number of nitro groups is 1. The SMILES string of the molecule is CC(OC(=O)C(c1ccccc1)c1ccccc1)C(=O)Nc1ccc(F)c([N+](=O)[O-])c1. The molecule has 31 heavy (non-hydrogen) atoms. The molecule has 0 aliphatic carbocycles. The van der Waals surface area contributed by atoms with Crippen LogP contribution in [0.1, 0.15) is 24.0 Å². The lowest BCUT2D eigenvalue weighted by atomic mass is 9.91. The molecule has 0 bridgehead atoms. The Morgan fingerprint density at radius 1 is 0.968 bits per heavy atom. The van der Waals surface area contributed by atoms with E-state index in [1.165, 1.54) is 13.0 Å². The van der Waals surface area contributed by atoms with Crippen molar-refractivity contribution in [2.75, 3.05) is 5.32 Å². The number of ether oxygens (including phenoxy) is 1. The summed E-state index contributed by atoms with van der Waals surface area (Å²) in [4.78, 5) is 35.4. The van der Waals surface area contributed by atoms with Gasteiger partial charge < -0.3 is 10.1 Å². The lowest BCUT2D eigenvalue weighted by molar-refractivity contribution is -0.387. The molecule has 0 saturated carbocycles. The molecular formula is C23H19FN2O5. The summed E-state index contributed by atoms with van der Waals surface area (Å²) < 4.78 is 18.9. The summed E-state index contributed by atoms with van der Waals surface area (Å²) in [6, 6.07) is 21.0. The van der Waals surface area contributed by atoms with E-state index in [1.54, 1.807) is 48.5 Å². The summed E-state index contributed by atoms with van der Waals surface area (Å²) in [7, 11) is 0. The summed E-state index contributed by atoms with van der Waals surface area (Å²) in [5.74, 6) is -3.07. The molecule has 0 saturated heterocycles. The van der Waals surface area contributed by atoms with Gasteiger partial charge in [0.25, 0.3) is 5.91 Å². The van der Waals surface area contributed by atoms with E-state index in [1.807, 2.05) is 12.1 Å². The fourth-order valence-corrected chi connectivity index (χ4v) is 3.03. The Balaban J connectivity index is 1.75. The molecule has 1 atom stereocenters. The first-order valence-corrected chi connectivity index (χ1v) is 9.42. The van der Waals surface area contributed by atoms with Crippen molar-refractivity contribution in [1.82, 2.24) is 0 Å². The number of nitrogens with one attached hydrogen (secondary N) is 1. The molecule has 1 amide bonds. The second kappa shape index (κ2) is 9.62. The first-order valence-electron chi connectivity index (χ1n) is 9.42. The van der Waals surface area contributed by atoms with Crippen molar-refractivity contribution in [3.05, 3.63) is 106 Å². The number of carbonyl (C=O) groups excluding carboxylic acids is 2. The van der Waals surface area contributed by atoms with Crippen LogP contribution in [0.3, 0.4) is 0 Å². The zero-order chi connectivity index (χ0) is 22.4. The van der Waals surface area contributed by atoms with Gasteiger partial charge in [0.15, 0.2) is 6.10 Å². The summed E-state index contributed by atoms with van der Waals surface area (Å²) in [6.07, 6.45) is -1.19.